The summed E-state index contributed by atoms with van der Waals surface area (Å²) in [7, 11) is 0. The summed E-state index contributed by atoms with van der Waals surface area (Å²) in [6.45, 7) is -0.457. The van der Waals surface area contributed by atoms with Gasteiger partial charge in [0.15, 0.2) is 5.01 Å². The van der Waals surface area contributed by atoms with E-state index in [1.807, 2.05) is 0 Å². The molecule has 0 saturated carbocycles. The summed E-state index contributed by atoms with van der Waals surface area (Å²) in [5.41, 5.74) is 1.14. The number of hydrogen-bond donors (Lipinski definition) is 3. The summed E-state index contributed by atoms with van der Waals surface area (Å²) in [5, 5.41) is 48.4. The molecular weight excluding hydrogens is 497 g/mol. The molecule has 0 bridgehead atoms. The van der Waals surface area contributed by atoms with E-state index < -0.39 is 36.4 Å². The smallest absolute Gasteiger partial charge is 0.169 e. The molecule has 3 aromatic rings. The Kier molecular flexibility index (Phi) is 6.82. The summed E-state index contributed by atoms with van der Waals surface area (Å²) in [6.07, 6.45) is -1.84. The molecule has 3 N–H and O–H groups in total. The van der Waals surface area contributed by atoms with Crippen LogP contribution in [0.15, 0.2) is 28.7 Å². The summed E-state index contributed by atoms with van der Waals surface area (Å²) >= 11 is 20.6. The van der Waals surface area contributed by atoms with Gasteiger partial charge in [-0.05, 0) is 12.1 Å². The molecule has 1 aliphatic rings. The molecule has 1 aliphatic heterocycles. The summed E-state index contributed by atoms with van der Waals surface area (Å²) in [4.78, 5) is 0.596. The number of halogens is 3. The van der Waals surface area contributed by atoms with E-state index in [1.54, 1.807) is 23.8 Å². The first-order valence-corrected chi connectivity index (χ1v) is 11.4. The van der Waals surface area contributed by atoms with Gasteiger partial charge in [0.25, 0.3) is 0 Å². The van der Waals surface area contributed by atoms with E-state index in [-0.39, 0.29) is 15.1 Å². The SMILES string of the molecule is OCC1O[C@H](Sc2cc(Cl)c(Cl)c(Cl)c2)C(O)C(n2cc(-c3nncs3)nn2)[C@H]1O. The van der Waals surface area contributed by atoms with Gasteiger partial charge in [0, 0.05) is 4.90 Å². The number of benzene rings is 1. The van der Waals surface area contributed by atoms with Crippen LogP contribution in [-0.2, 0) is 4.74 Å². The van der Waals surface area contributed by atoms with Crippen LogP contribution < -0.4 is 0 Å². The quantitative estimate of drug-likeness (QED) is 0.444. The highest BCUT2D eigenvalue weighted by molar-refractivity contribution is 7.99. The third-order valence-corrected chi connectivity index (χ3v) is 7.49. The Balaban J connectivity index is 1.62. The van der Waals surface area contributed by atoms with E-state index in [4.69, 9.17) is 39.5 Å². The molecule has 0 aliphatic carbocycles. The van der Waals surface area contributed by atoms with E-state index in [2.05, 4.69) is 20.5 Å². The molecule has 30 heavy (non-hydrogen) atoms. The average molecular weight is 511 g/mol. The Morgan fingerprint density at radius 3 is 2.50 bits per heavy atom. The van der Waals surface area contributed by atoms with Crippen LogP contribution in [0.2, 0.25) is 15.1 Å². The molecule has 0 spiro atoms. The molecule has 160 valence electrons. The maximum Gasteiger partial charge on any atom is 0.169 e. The van der Waals surface area contributed by atoms with E-state index in [9.17, 15) is 15.3 Å². The first-order valence-electron chi connectivity index (χ1n) is 8.51. The van der Waals surface area contributed by atoms with Crippen LogP contribution in [0, 0.1) is 0 Å². The van der Waals surface area contributed by atoms with Crippen molar-refractivity contribution in [3.05, 3.63) is 38.9 Å². The maximum absolute atomic E-state index is 11.0. The fraction of sp³-hybridized carbons (Fsp3) is 0.375. The van der Waals surface area contributed by atoms with Gasteiger partial charge in [0.2, 0.25) is 0 Å². The number of aromatic nitrogens is 5. The Bertz CT molecular complexity index is 1000. The van der Waals surface area contributed by atoms with Crippen LogP contribution in [0.1, 0.15) is 6.04 Å². The van der Waals surface area contributed by atoms with Crippen LogP contribution in [0.4, 0.5) is 0 Å². The number of thioether (sulfide) groups is 1. The Hall–Kier alpha value is -1.02. The predicted molar refractivity (Wildman–Crippen MR) is 113 cm³/mol. The Morgan fingerprint density at radius 1 is 1.13 bits per heavy atom. The first-order chi connectivity index (χ1) is 14.4. The zero-order valence-corrected chi connectivity index (χ0v) is 18.7. The normalized spacial score (nSPS) is 26.8. The van der Waals surface area contributed by atoms with Crippen molar-refractivity contribution in [2.75, 3.05) is 6.61 Å². The van der Waals surface area contributed by atoms with E-state index in [1.165, 1.54) is 16.0 Å². The lowest BCUT2D eigenvalue weighted by Crippen LogP contribution is -2.55. The van der Waals surface area contributed by atoms with Crippen molar-refractivity contribution in [2.24, 2.45) is 0 Å². The maximum atomic E-state index is 11.0. The fourth-order valence-corrected chi connectivity index (χ4v) is 5.38. The van der Waals surface area contributed by atoms with E-state index in [0.29, 0.717) is 15.6 Å². The molecule has 9 nitrogen and oxygen atoms in total. The van der Waals surface area contributed by atoms with Gasteiger partial charge in [-0.2, -0.15) is 0 Å². The van der Waals surface area contributed by atoms with Crippen molar-refractivity contribution < 1.29 is 20.1 Å². The van der Waals surface area contributed by atoms with Crippen LogP contribution >= 0.6 is 57.9 Å². The Labute approximate surface area is 193 Å². The molecular formula is C16H14Cl3N5O4S2. The number of aliphatic hydroxyl groups excluding tert-OH is 3. The summed E-state index contributed by atoms with van der Waals surface area (Å²) in [5.74, 6) is 0. The second-order valence-corrected chi connectivity index (χ2v) is 9.54. The standard InChI is InChI=1S/C16H14Cl3N5O4S2/c17-7-1-6(2-8(18)11(7)19)30-16-14(27)12(13(26)10(4-25)28-16)24-3-9(21-23-24)15-22-20-5-29-15/h1-3,5,10,12-14,16,25-27H,4H2/t10?,12?,13-,14?,16+/m0/s1. The highest BCUT2D eigenvalue weighted by Gasteiger charge is 2.46. The predicted octanol–water partition coefficient (Wildman–Crippen LogP) is 2.53. The molecule has 4 rings (SSSR count). The number of rotatable bonds is 5. The van der Waals surface area contributed by atoms with Crippen molar-refractivity contribution in [3.8, 4) is 10.7 Å². The largest absolute Gasteiger partial charge is 0.394 e. The van der Waals surface area contributed by atoms with Crippen molar-refractivity contribution in [1.82, 2.24) is 25.2 Å². The van der Waals surface area contributed by atoms with Gasteiger partial charge >= 0.3 is 0 Å². The van der Waals surface area contributed by atoms with Crippen LogP contribution in [-0.4, -0.2) is 70.9 Å². The van der Waals surface area contributed by atoms with Gasteiger partial charge in [0.1, 0.15) is 41.0 Å². The lowest BCUT2D eigenvalue weighted by Gasteiger charge is -2.41. The molecule has 1 fully saturated rings. The molecule has 0 radical (unpaired) electrons. The molecule has 14 heteroatoms. The monoisotopic (exact) mass is 509 g/mol. The molecule has 3 heterocycles. The van der Waals surface area contributed by atoms with Gasteiger partial charge in [-0.3, -0.25) is 0 Å². The molecule has 0 amide bonds. The second-order valence-electron chi connectivity index (χ2n) is 6.34. The van der Waals surface area contributed by atoms with Crippen molar-refractivity contribution >= 4 is 57.9 Å². The van der Waals surface area contributed by atoms with Crippen molar-refractivity contribution in [2.45, 2.75) is 34.7 Å². The minimum Gasteiger partial charge on any atom is -0.394 e. The number of ether oxygens (including phenoxy) is 1. The first kappa shape index (κ1) is 22.2. The van der Waals surface area contributed by atoms with E-state index in [0.717, 1.165) is 11.8 Å². The average Bonchev–Trinajstić information content (AvgIpc) is 3.40. The lowest BCUT2D eigenvalue weighted by molar-refractivity contribution is -0.178. The molecule has 1 aromatic carbocycles. The van der Waals surface area contributed by atoms with Crippen LogP contribution in [0.5, 0.6) is 0 Å². The zero-order chi connectivity index (χ0) is 21.4. The zero-order valence-electron chi connectivity index (χ0n) is 14.8. The minimum atomic E-state index is -1.23. The van der Waals surface area contributed by atoms with Crippen molar-refractivity contribution in [3.63, 3.8) is 0 Å². The molecule has 5 atom stereocenters. The third-order valence-electron chi connectivity index (χ3n) is 4.45. The highest BCUT2D eigenvalue weighted by Crippen LogP contribution is 2.41. The van der Waals surface area contributed by atoms with Crippen LogP contribution in [0.3, 0.4) is 0 Å². The molecule has 2 aromatic heterocycles. The lowest BCUT2D eigenvalue weighted by atomic mass is 9.97. The van der Waals surface area contributed by atoms with Crippen LogP contribution in [0.25, 0.3) is 10.7 Å². The molecule has 3 unspecified atom stereocenters. The second kappa shape index (κ2) is 9.23. The summed E-state index contributed by atoms with van der Waals surface area (Å²) in [6, 6.07) is 2.25. The number of hydrogen-bond acceptors (Lipinski definition) is 10. The third kappa shape index (κ3) is 4.31. The number of nitrogens with zero attached hydrogens (tertiary/aromatic N) is 5. The highest BCUT2D eigenvalue weighted by atomic mass is 35.5. The van der Waals surface area contributed by atoms with Gasteiger partial charge in [-0.25, -0.2) is 4.68 Å². The van der Waals surface area contributed by atoms with Gasteiger partial charge in [-0.1, -0.05) is 63.1 Å². The number of aliphatic hydroxyl groups is 3. The van der Waals surface area contributed by atoms with Gasteiger partial charge < -0.3 is 20.1 Å². The topological polar surface area (TPSA) is 126 Å². The summed E-state index contributed by atoms with van der Waals surface area (Å²) < 4.78 is 7.06. The molecule has 1 saturated heterocycles. The Morgan fingerprint density at radius 2 is 1.87 bits per heavy atom. The fourth-order valence-electron chi connectivity index (χ4n) is 3.02. The van der Waals surface area contributed by atoms with E-state index >= 15 is 0 Å². The van der Waals surface area contributed by atoms with Gasteiger partial charge in [0.05, 0.1) is 27.9 Å². The van der Waals surface area contributed by atoms with Crippen molar-refractivity contribution in [1.29, 1.82) is 0 Å². The van der Waals surface area contributed by atoms with Gasteiger partial charge in [-0.15, -0.1) is 15.3 Å². The minimum absolute atomic E-state index is 0.223.